The van der Waals surface area contributed by atoms with E-state index in [0.717, 1.165) is 0 Å². The second-order valence-electron chi connectivity index (χ2n) is 3.71. The number of rotatable bonds is 4. The number of alkyl halides is 3. The third kappa shape index (κ3) is 4.53. The van der Waals surface area contributed by atoms with E-state index < -0.39 is 24.9 Å². The minimum absolute atomic E-state index is 0.249. The largest absolute Gasteiger partial charge is 0.332 e. The fourth-order valence-corrected chi connectivity index (χ4v) is 3.75. The van der Waals surface area contributed by atoms with E-state index in [-0.39, 0.29) is 11.3 Å². The van der Waals surface area contributed by atoms with Gasteiger partial charge in [-0.15, -0.1) is 0 Å². The van der Waals surface area contributed by atoms with Gasteiger partial charge in [-0.1, -0.05) is 59.9 Å². The van der Waals surface area contributed by atoms with Gasteiger partial charge in [0, 0.05) is 11.3 Å². The Hall–Kier alpha value is -0.490. The summed E-state index contributed by atoms with van der Waals surface area (Å²) in [5.41, 5.74) is 0.285. The number of hydrogen-bond donors (Lipinski definition) is 1. The van der Waals surface area contributed by atoms with Crippen LogP contribution in [0.2, 0.25) is 0 Å². The van der Waals surface area contributed by atoms with Gasteiger partial charge in [-0.05, 0) is 12.1 Å². The Balaban J connectivity index is 3.01. The summed E-state index contributed by atoms with van der Waals surface area (Å²) in [4.78, 5) is 11.9. The molecule has 0 fully saturated rings. The average Bonchev–Trinajstić information content (AvgIpc) is 2.35. The van der Waals surface area contributed by atoms with Crippen LogP contribution in [0.5, 0.6) is 0 Å². The molecule has 0 saturated heterocycles. The molecule has 19 heavy (non-hydrogen) atoms. The highest BCUT2D eigenvalue weighted by Crippen LogP contribution is 2.33. The molecule has 1 aromatic carbocycles. The fourth-order valence-electron chi connectivity index (χ4n) is 1.33. The zero-order valence-corrected chi connectivity index (χ0v) is 13.0. The molecule has 0 heterocycles. The molecule has 1 amide bonds. The van der Waals surface area contributed by atoms with Crippen LogP contribution in [-0.2, 0) is 9.84 Å². The van der Waals surface area contributed by atoms with E-state index in [1.807, 2.05) is 0 Å². The van der Waals surface area contributed by atoms with Crippen molar-refractivity contribution in [2.24, 2.45) is 0 Å². The maximum absolute atomic E-state index is 11.9. The molecule has 8 heteroatoms. The Morgan fingerprint density at radius 2 is 1.79 bits per heavy atom. The highest BCUT2D eigenvalue weighted by Gasteiger charge is 2.42. The van der Waals surface area contributed by atoms with Gasteiger partial charge in [-0.3, -0.25) is 4.79 Å². The summed E-state index contributed by atoms with van der Waals surface area (Å²) in [5.74, 6) is -0.866. The molecule has 0 aromatic heterocycles. The van der Waals surface area contributed by atoms with Gasteiger partial charge in [0.25, 0.3) is 5.91 Å². The molecule has 1 aromatic rings. The Labute approximate surface area is 127 Å². The van der Waals surface area contributed by atoms with Gasteiger partial charge < -0.3 is 5.32 Å². The number of carbonyl (C=O) groups excluding carboxylic acids is 1. The van der Waals surface area contributed by atoms with Crippen LogP contribution in [0.4, 0.5) is 0 Å². The molecule has 1 rings (SSSR count). The number of carbonyl (C=O) groups is 1. The molecule has 0 spiro atoms. The number of sulfone groups is 1. The zero-order valence-electron chi connectivity index (χ0n) is 9.94. The first-order chi connectivity index (χ1) is 8.68. The quantitative estimate of drug-likeness (QED) is 0.854. The SMILES string of the molecule is CCS(=O)(=O)[C@H](NC(=O)c1ccccc1)C(Cl)(Cl)Cl. The first-order valence-corrected chi connectivity index (χ1v) is 8.17. The maximum Gasteiger partial charge on any atom is 0.252 e. The molecule has 1 atom stereocenters. The molecule has 0 saturated carbocycles. The molecule has 0 bridgehead atoms. The summed E-state index contributed by atoms with van der Waals surface area (Å²) in [6, 6.07) is 8.08. The fraction of sp³-hybridized carbons (Fsp3) is 0.364. The van der Waals surface area contributed by atoms with Crippen molar-refractivity contribution in [1.29, 1.82) is 0 Å². The Kier molecular flexibility index (Phi) is 5.50. The minimum Gasteiger partial charge on any atom is -0.332 e. The van der Waals surface area contributed by atoms with E-state index in [4.69, 9.17) is 34.8 Å². The molecule has 0 aliphatic heterocycles. The van der Waals surface area contributed by atoms with Gasteiger partial charge in [0.05, 0.1) is 0 Å². The highest BCUT2D eigenvalue weighted by atomic mass is 35.6. The molecule has 1 N–H and O–H groups in total. The lowest BCUT2D eigenvalue weighted by Gasteiger charge is -2.24. The van der Waals surface area contributed by atoms with Crippen molar-refractivity contribution in [3.8, 4) is 0 Å². The summed E-state index contributed by atoms with van der Waals surface area (Å²) in [7, 11) is -3.75. The van der Waals surface area contributed by atoms with Crippen molar-refractivity contribution >= 4 is 50.5 Å². The maximum atomic E-state index is 11.9. The molecular formula is C11H12Cl3NO3S. The first-order valence-electron chi connectivity index (χ1n) is 5.32. The molecule has 4 nitrogen and oxygen atoms in total. The summed E-state index contributed by atoms with van der Waals surface area (Å²) < 4.78 is 21.6. The van der Waals surface area contributed by atoms with Crippen molar-refractivity contribution in [2.75, 3.05) is 5.75 Å². The third-order valence-corrected chi connectivity index (χ3v) is 5.39. The van der Waals surface area contributed by atoms with Crippen molar-refractivity contribution in [3.05, 3.63) is 35.9 Å². The first kappa shape index (κ1) is 16.6. The summed E-state index contributed by atoms with van der Waals surface area (Å²) >= 11 is 16.9. The van der Waals surface area contributed by atoms with Crippen LogP contribution in [0.1, 0.15) is 17.3 Å². The van der Waals surface area contributed by atoms with Gasteiger partial charge in [0.2, 0.25) is 3.79 Å². The van der Waals surface area contributed by atoms with Gasteiger partial charge in [0.15, 0.2) is 15.2 Å². The smallest absolute Gasteiger partial charge is 0.252 e. The third-order valence-electron chi connectivity index (χ3n) is 2.36. The van der Waals surface area contributed by atoms with Crippen molar-refractivity contribution in [3.63, 3.8) is 0 Å². The van der Waals surface area contributed by atoms with Crippen molar-refractivity contribution < 1.29 is 13.2 Å². The Bertz CT molecular complexity index is 540. The summed E-state index contributed by atoms with van der Waals surface area (Å²) in [5, 5.41) is 0.647. The predicted octanol–water partition coefficient (Wildman–Crippen LogP) is 2.55. The van der Waals surface area contributed by atoms with Crippen molar-refractivity contribution in [2.45, 2.75) is 16.1 Å². The average molecular weight is 345 g/mol. The van der Waals surface area contributed by atoms with E-state index in [1.165, 1.54) is 19.1 Å². The lowest BCUT2D eigenvalue weighted by Crippen LogP contribution is -2.49. The number of nitrogens with one attached hydrogen (secondary N) is 1. The van der Waals surface area contributed by atoms with Crippen LogP contribution in [0, 0.1) is 0 Å². The highest BCUT2D eigenvalue weighted by molar-refractivity contribution is 7.92. The van der Waals surface area contributed by atoms with Gasteiger partial charge in [0.1, 0.15) is 0 Å². The zero-order chi connectivity index (χ0) is 14.7. The van der Waals surface area contributed by atoms with Crippen LogP contribution >= 0.6 is 34.8 Å². The second kappa shape index (κ2) is 6.31. The molecular weight excluding hydrogens is 333 g/mol. The second-order valence-corrected chi connectivity index (χ2v) is 8.46. The van der Waals surface area contributed by atoms with Crippen LogP contribution in [0.25, 0.3) is 0 Å². The molecule has 0 aliphatic rings. The Morgan fingerprint density at radius 1 is 1.26 bits per heavy atom. The van der Waals surface area contributed by atoms with E-state index >= 15 is 0 Å². The molecule has 0 unspecified atom stereocenters. The van der Waals surface area contributed by atoms with E-state index in [0.29, 0.717) is 0 Å². The molecule has 106 valence electrons. The van der Waals surface area contributed by atoms with E-state index in [1.54, 1.807) is 18.2 Å². The summed E-state index contributed by atoms with van der Waals surface area (Å²) in [6.45, 7) is 1.41. The lowest BCUT2D eigenvalue weighted by atomic mass is 10.2. The normalized spacial score (nSPS) is 13.9. The van der Waals surface area contributed by atoms with E-state index in [2.05, 4.69) is 5.32 Å². The lowest BCUT2D eigenvalue weighted by molar-refractivity contribution is 0.0948. The van der Waals surface area contributed by atoms with Gasteiger partial charge in [-0.2, -0.15) is 0 Å². The van der Waals surface area contributed by atoms with Crippen LogP contribution < -0.4 is 5.32 Å². The standard InChI is InChI=1S/C11H12Cl3NO3S/c1-2-19(17,18)10(11(12,13)14)15-9(16)8-6-4-3-5-7-8/h3-7,10H,2H2,1H3,(H,15,16)/t10-/m0/s1. The summed E-state index contributed by atoms with van der Waals surface area (Å²) in [6.07, 6.45) is 0. The van der Waals surface area contributed by atoms with Crippen LogP contribution in [-0.4, -0.2) is 29.2 Å². The number of amides is 1. The van der Waals surface area contributed by atoms with Crippen LogP contribution in [0.3, 0.4) is 0 Å². The monoisotopic (exact) mass is 343 g/mol. The van der Waals surface area contributed by atoms with Crippen LogP contribution in [0.15, 0.2) is 30.3 Å². The predicted molar refractivity (Wildman–Crippen MR) is 77.4 cm³/mol. The topological polar surface area (TPSA) is 63.2 Å². The van der Waals surface area contributed by atoms with Gasteiger partial charge in [-0.25, -0.2) is 8.42 Å². The Morgan fingerprint density at radius 3 is 2.21 bits per heavy atom. The van der Waals surface area contributed by atoms with E-state index in [9.17, 15) is 13.2 Å². The number of halogens is 3. The van der Waals surface area contributed by atoms with Gasteiger partial charge >= 0.3 is 0 Å². The minimum atomic E-state index is -3.75. The number of benzene rings is 1. The molecule has 0 aliphatic carbocycles. The van der Waals surface area contributed by atoms with Crippen molar-refractivity contribution in [1.82, 2.24) is 5.32 Å². The number of hydrogen-bond acceptors (Lipinski definition) is 3. The molecule has 0 radical (unpaired) electrons.